The van der Waals surface area contributed by atoms with Crippen molar-refractivity contribution < 1.29 is 23.1 Å². The van der Waals surface area contributed by atoms with Crippen molar-refractivity contribution in [1.82, 2.24) is 0 Å². The fraction of sp³-hybridized carbons (Fsp3) is 0.333. The lowest BCUT2D eigenvalue weighted by atomic mass is 9.79. The Labute approximate surface area is 156 Å². The summed E-state index contributed by atoms with van der Waals surface area (Å²) in [7, 11) is 0. The third-order valence-electron chi connectivity index (χ3n) is 5.01. The zero-order valence-corrected chi connectivity index (χ0v) is 15.0. The Kier molecular flexibility index (Phi) is 5.54. The van der Waals surface area contributed by atoms with Gasteiger partial charge in [-0.05, 0) is 61.7 Å². The topological polar surface area (TPSA) is 55.4 Å². The largest absolute Gasteiger partial charge is 0.452 e. The molecule has 4 nitrogen and oxygen atoms in total. The van der Waals surface area contributed by atoms with Crippen LogP contribution in [0.25, 0.3) is 0 Å². The highest BCUT2D eigenvalue weighted by molar-refractivity contribution is 5.96. The summed E-state index contributed by atoms with van der Waals surface area (Å²) in [6, 6.07) is 11.2. The Hall–Kier alpha value is -2.76. The van der Waals surface area contributed by atoms with Gasteiger partial charge < -0.3 is 10.1 Å². The van der Waals surface area contributed by atoms with Crippen molar-refractivity contribution in [2.45, 2.75) is 44.1 Å². The van der Waals surface area contributed by atoms with Gasteiger partial charge in [-0.3, -0.25) is 9.59 Å². The van der Waals surface area contributed by atoms with Crippen LogP contribution in [0.4, 0.5) is 14.5 Å². The van der Waals surface area contributed by atoms with Crippen molar-refractivity contribution in [1.29, 1.82) is 0 Å². The van der Waals surface area contributed by atoms with E-state index in [0.717, 1.165) is 12.8 Å². The number of hydrogen-bond donors (Lipinski definition) is 1. The lowest BCUT2D eigenvalue weighted by Crippen LogP contribution is -2.39. The van der Waals surface area contributed by atoms with Crippen LogP contribution < -0.4 is 5.32 Å². The summed E-state index contributed by atoms with van der Waals surface area (Å²) < 4.78 is 31.7. The van der Waals surface area contributed by atoms with Gasteiger partial charge in [-0.1, -0.05) is 25.0 Å². The van der Waals surface area contributed by atoms with Crippen molar-refractivity contribution in [3.8, 4) is 0 Å². The maximum absolute atomic E-state index is 13.3. The number of benzene rings is 2. The van der Waals surface area contributed by atoms with Crippen molar-refractivity contribution in [2.75, 3.05) is 5.32 Å². The summed E-state index contributed by atoms with van der Waals surface area (Å²) in [5.74, 6) is -1.75. The molecule has 2 aromatic carbocycles. The molecule has 0 aromatic heterocycles. The van der Waals surface area contributed by atoms with E-state index in [1.165, 1.54) is 43.3 Å². The van der Waals surface area contributed by atoms with Gasteiger partial charge in [-0.2, -0.15) is 0 Å². The van der Waals surface area contributed by atoms with Crippen LogP contribution in [-0.2, 0) is 19.7 Å². The van der Waals surface area contributed by atoms with Gasteiger partial charge in [0.05, 0.1) is 5.41 Å². The first-order valence-corrected chi connectivity index (χ1v) is 8.94. The molecule has 0 aliphatic heterocycles. The smallest absolute Gasteiger partial charge is 0.317 e. The molecule has 3 rings (SSSR count). The molecule has 142 valence electrons. The SMILES string of the molecule is C[C@@H](OC(=O)C1(c2ccc(F)cc2)CCCC1)C(=O)Nc1ccc(F)cc1. The van der Waals surface area contributed by atoms with Gasteiger partial charge in [0, 0.05) is 5.69 Å². The quantitative estimate of drug-likeness (QED) is 0.793. The van der Waals surface area contributed by atoms with Crippen molar-refractivity contribution in [3.63, 3.8) is 0 Å². The Morgan fingerprint density at radius 2 is 1.48 bits per heavy atom. The van der Waals surface area contributed by atoms with E-state index < -0.39 is 29.2 Å². The van der Waals surface area contributed by atoms with E-state index in [-0.39, 0.29) is 5.82 Å². The molecule has 2 aromatic rings. The third-order valence-corrected chi connectivity index (χ3v) is 5.01. The second-order valence-electron chi connectivity index (χ2n) is 6.84. The van der Waals surface area contributed by atoms with Crippen LogP contribution in [0.1, 0.15) is 38.2 Å². The summed E-state index contributed by atoms with van der Waals surface area (Å²) in [5.41, 5.74) is 0.272. The maximum atomic E-state index is 13.3. The molecule has 0 spiro atoms. The van der Waals surface area contributed by atoms with Gasteiger partial charge in [0.2, 0.25) is 0 Å². The van der Waals surface area contributed by atoms with E-state index >= 15 is 0 Å². The van der Waals surface area contributed by atoms with Crippen LogP contribution in [-0.4, -0.2) is 18.0 Å². The molecule has 6 heteroatoms. The highest BCUT2D eigenvalue weighted by Gasteiger charge is 2.45. The summed E-state index contributed by atoms with van der Waals surface area (Å²) in [4.78, 5) is 25.2. The fourth-order valence-electron chi connectivity index (χ4n) is 3.46. The molecule has 0 unspecified atom stereocenters. The summed E-state index contributed by atoms with van der Waals surface area (Å²) in [5, 5.41) is 2.59. The molecule has 1 N–H and O–H groups in total. The number of halogens is 2. The zero-order chi connectivity index (χ0) is 19.4. The predicted molar refractivity (Wildman–Crippen MR) is 97.1 cm³/mol. The second kappa shape index (κ2) is 7.86. The lowest BCUT2D eigenvalue weighted by molar-refractivity contribution is -0.159. The van der Waals surface area contributed by atoms with Crippen LogP contribution in [0.3, 0.4) is 0 Å². The van der Waals surface area contributed by atoms with Gasteiger partial charge in [0.1, 0.15) is 11.6 Å². The number of nitrogens with one attached hydrogen (secondary N) is 1. The Bertz CT molecular complexity index is 812. The molecule has 27 heavy (non-hydrogen) atoms. The molecule has 1 saturated carbocycles. The van der Waals surface area contributed by atoms with E-state index in [0.29, 0.717) is 24.1 Å². The van der Waals surface area contributed by atoms with Crippen molar-refractivity contribution in [2.24, 2.45) is 0 Å². The number of rotatable bonds is 5. The number of hydrogen-bond acceptors (Lipinski definition) is 3. The first kappa shape index (κ1) is 19.0. The number of esters is 1. The summed E-state index contributed by atoms with van der Waals surface area (Å²) >= 11 is 0. The van der Waals surface area contributed by atoms with Crippen molar-refractivity contribution >= 4 is 17.6 Å². The van der Waals surface area contributed by atoms with Crippen LogP contribution >= 0.6 is 0 Å². The second-order valence-corrected chi connectivity index (χ2v) is 6.84. The van der Waals surface area contributed by atoms with E-state index in [1.807, 2.05) is 0 Å². The van der Waals surface area contributed by atoms with Gasteiger partial charge in [0.25, 0.3) is 5.91 Å². The molecule has 0 radical (unpaired) electrons. The van der Waals surface area contributed by atoms with E-state index in [2.05, 4.69) is 5.32 Å². The van der Waals surface area contributed by atoms with Crippen LogP contribution in [0.2, 0.25) is 0 Å². The minimum atomic E-state index is -1.01. The molecule has 0 heterocycles. The molecule has 0 saturated heterocycles. The van der Waals surface area contributed by atoms with E-state index in [9.17, 15) is 18.4 Å². The van der Waals surface area contributed by atoms with Gasteiger partial charge in [-0.25, -0.2) is 8.78 Å². The first-order valence-electron chi connectivity index (χ1n) is 8.94. The number of anilines is 1. The highest BCUT2D eigenvalue weighted by atomic mass is 19.1. The van der Waals surface area contributed by atoms with Gasteiger partial charge in [0.15, 0.2) is 6.10 Å². The third kappa shape index (κ3) is 4.15. The summed E-state index contributed by atoms with van der Waals surface area (Å²) in [6.45, 7) is 1.49. The lowest BCUT2D eigenvalue weighted by Gasteiger charge is -2.28. The molecule has 1 atom stereocenters. The van der Waals surface area contributed by atoms with Crippen LogP contribution in [0.15, 0.2) is 48.5 Å². The number of amides is 1. The highest BCUT2D eigenvalue weighted by Crippen LogP contribution is 2.42. The normalized spacial score (nSPS) is 16.6. The molecule has 1 aliphatic carbocycles. The standard InChI is InChI=1S/C21H21F2NO3/c1-14(19(25)24-18-10-8-17(23)9-11-18)27-20(26)21(12-2-3-13-21)15-4-6-16(22)7-5-15/h4-11,14H,2-3,12-13H2,1H3,(H,24,25)/t14-/m1/s1. The minimum Gasteiger partial charge on any atom is -0.452 e. The Morgan fingerprint density at radius 3 is 2.04 bits per heavy atom. The maximum Gasteiger partial charge on any atom is 0.317 e. The first-order chi connectivity index (χ1) is 12.9. The van der Waals surface area contributed by atoms with E-state index in [1.54, 1.807) is 12.1 Å². The zero-order valence-electron chi connectivity index (χ0n) is 15.0. The van der Waals surface area contributed by atoms with Gasteiger partial charge >= 0.3 is 5.97 Å². The molecule has 1 fully saturated rings. The number of ether oxygens (including phenoxy) is 1. The summed E-state index contributed by atoms with van der Waals surface area (Å²) in [6.07, 6.45) is 1.92. The van der Waals surface area contributed by atoms with Crippen LogP contribution in [0, 0.1) is 11.6 Å². The molecular weight excluding hydrogens is 352 g/mol. The molecular formula is C21H21F2NO3. The number of carbonyl (C=O) groups excluding carboxylic acids is 2. The average molecular weight is 373 g/mol. The monoisotopic (exact) mass is 373 g/mol. The minimum absolute atomic E-state index is 0.368. The molecule has 0 bridgehead atoms. The molecule has 1 aliphatic rings. The van der Waals surface area contributed by atoms with Crippen molar-refractivity contribution in [3.05, 3.63) is 65.7 Å². The average Bonchev–Trinajstić information content (AvgIpc) is 3.15. The molecule has 1 amide bonds. The van der Waals surface area contributed by atoms with Crippen LogP contribution in [0.5, 0.6) is 0 Å². The fourth-order valence-corrected chi connectivity index (χ4v) is 3.46. The Morgan fingerprint density at radius 1 is 0.963 bits per heavy atom. The van der Waals surface area contributed by atoms with Gasteiger partial charge in [-0.15, -0.1) is 0 Å². The Balaban J connectivity index is 1.70. The predicted octanol–water partition coefficient (Wildman–Crippen LogP) is 4.35. The number of carbonyl (C=O) groups is 2. The van der Waals surface area contributed by atoms with E-state index in [4.69, 9.17) is 4.74 Å².